The minimum absolute atomic E-state index is 0.468. The van der Waals surface area contributed by atoms with Crippen molar-refractivity contribution in [1.29, 1.82) is 0 Å². The number of amides is 4. The summed E-state index contributed by atoms with van der Waals surface area (Å²) in [7, 11) is 3.08. The van der Waals surface area contributed by atoms with E-state index in [1.54, 1.807) is 87.9 Å². The van der Waals surface area contributed by atoms with E-state index in [1.165, 1.54) is 0 Å². The molecule has 0 aromatic heterocycles. The van der Waals surface area contributed by atoms with Crippen LogP contribution in [0, 0.1) is 6.92 Å². The van der Waals surface area contributed by atoms with Crippen LogP contribution in [0.2, 0.25) is 5.02 Å². The Balaban J connectivity index is 1.68. The van der Waals surface area contributed by atoms with Crippen LogP contribution in [0.5, 0.6) is 11.5 Å². The zero-order valence-electron chi connectivity index (χ0n) is 19.4. The summed E-state index contributed by atoms with van der Waals surface area (Å²) in [4.78, 5) is 40.6. The molecule has 1 heterocycles. The monoisotopic (exact) mass is 493 g/mol. The van der Waals surface area contributed by atoms with E-state index in [2.05, 4.69) is 10.6 Å². The average molecular weight is 494 g/mol. The number of methoxy groups -OCH3 is 2. The molecule has 35 heavy (non-hydrogen) atoms. The second kappa shape index (κ2) is 9.68. The molecule has 180 valence electrons. The van der Waals surface area contributed by atoms with Crippen molar-refractivity contribution in [3.05, 3.63) is 88.4 Å². The van der Waals surface area contributed by atoms with Crippen LogP contribution in [-0.2, 0) is 15.1 Å². The van der Waals surface area contributed by atoms with Gasteiger partial charge in [-0.1, -0.05) is 41.9 Å². The minimum Gasteiger partial charge on any atom is -0.497 e. The number of benzene rings is 3. The Hall–Kier alpha value is -4.04. The van der Waals surface area contributed by atoms with Gasteiger partial charge in [0.2, 0.25) is 5.91 Å². The van der Waals surface area contributed by atoms with Crippen molar-refractivity contribution in [3.8, 4) is 11.5 Å². The molecule has 1 saturated heterocycles. The van der Waals surface area contributed by atoms with Gasteiger partial charge in [0, 0.05) is 10.7 Å². The summed E-state index contributed by atoms with van der Waals surface area (Å²) >= 11 is 6.13. The summed E-state index contributed by atoms with van der Waals surface area (Å²) in [6.07, 6.45) is 0. The smallest absolute Gasteiger partial charge is 0.326 e. The van der Waals surface area contributed by atoms with Gasteiger partial charge in [0.1, 0.15) is 18.0 Å². The predicted molar refractivity (Wildman–Crippen MR) is 132 cm³/mol. The maximum absolute atomic E-state index is 13.8. The molecule has 3 aromatic rings. The summed E-state index contributed by atoms with van der Waals surface area (Å²) in [6.45, 7) is 1.30. The highest BCUT2D eigenvalue weighted by molar-refractivity contribution is 6.31. The average Bonchev–Trinajstić information content (AvgIpc) is 3.12. The number of imide groups is 1. The van der Waals surface area contributed by atoms with E-state index in [4.69, 9.17) is 21.1 Å². The Bertz CT molecular complexity index is 1230. The van der Waals surface area contributed by atoms with Crippen LogP contribution in [0.4, 0.5) is 10.5 Å². The minimum atomic E-state index is -1.53. The third-order valence-corrected chi connectivity index (χ3v) is 6.40. The van der Waals surface area contributed by atoms with Crippen LogP contribution >= 0.6 is 11.6 Å². The van der Waals surface area contributed by atoms with Crippen molar-refractivity contribution in [2.45, 2.75) is 12.5 Å². The molecule has 0 aliphatic carbocycles. The molecule has 0 saturated carbocycles. The number of hydrogen-bond donors (Lipinski definition) is 2. The zero-order valence-corrected chi connectivity index (χ0v) is 20.2. The van der Waals surface area contributed by atoms with Gasteiger partial charge in [-0.15, -0.1) is 0 Å². The zero-order chi connectivity index (χ0) is 25.2. The molecule has 0 bridgehead atoms. The first-order valence-electron chi connectivity index (χ1n) is 10.8. The molecule has 2 N–H and O–H groups in total. The predicted octanol–water partition coefficient (Wildman–Crippen LogP) is 4.10. The molecular formula is C26H24ClN3O5. The van der Waals surface area contributed by atoms with Crippen LogP contribution in [0.25, 0.3) is 0 Å². The summed E-state index contributed by atoms with van der Waals surface area (Å²) in [5.41, 5.74) is 0.712. The molecule has 3 aromatic carbocycles. The number of carbonyl (C=O) groups is 3. The Kier molecular flexibility index (Phi) is 6.66. The third-order valence-electron chi connectivity index (χ3n) is 6.00. The fourth-order valence-corrected chi connectivity index (χ4v) is 4.21. The van der Waals surface area contributed by atoms with E-state index < -0.39 is 29.9 Å². The number of urea groups is 1. The standard InChI is InChI=1S/C26H24ClN3O5/c1-16-21(27)5-4-6-22(16)28-23(31)15-30-24(32)26(29-25(30)33,17-7-11-19(34-2)12-8-17)18-9-13-20(35-3)14-10-18/h4-14H,15H2,1-3H3,(H,28,31)(H,29,33). The SMILES string of the molecule is COc1ccc(C2(c3ccc(OC)cc3)NC(=O)N(CC(=O)Nc3cccc(Cl)c3C)C2=O)cc1. The van der Waals surface area contributed by atoms with Crippen molar-refractivity contribution < 1.29 is 23.9 Å². The van der Waals surface area contributed by atoms with Gasteiger partial charge in [-0.25, -0.2) is 4.79 Å². The summed E-state index contributed by atoms with van der Waals surface area (Å²) in [5.74, 6) is 0.0991. The number of ether oxygens (including phenoxy) is 2. The number of nitrogens with zero attached hydrogens (tertiary/aromatic N) is 1. The molecular weight excluding hydrogens is 470 g/mol. The van der Waals surface area contributed by atoms with Crippen LogP contribution in [0.3, 0.4) is 0 Å². The van der Waals surface area contributed by atoms with E-state index in [1.807, 2.05) is 0 Å². The molecule has 0 unspecified atom stereocenters. The van der Waals surface area contributed by atoms with Crippen molar-refractivity contribution >= 4 is 35.1 Å². The van der Waals surface area contributed by atoms with Crippen LogP contribution in [0.1, 0.15) is 16.7 Å². The van der Waals surface area contributed by atoms with Gasteiger partial charge >= 0.3 is 6.03 Å². The molecule has 8 nitrogen and oxygen atoms in total. The van der Waals surface area contributed by atoms with E-state index >= 15 is 0 Å². The van der Waals surface area contributed by atoms with Gasteiger partial charge in [-0.05, 0) is 60.0 Å². The highest BCUT2D eigenvalue weighted by atomic mass is 35.5. The van der Waals surface area contributed by atoms with Crippen LogP contribution in [-0.4, -0.2) is 43.5 Å². The molecule has 0 spiro atoms. The fourth-order valence-electron chi connectivity index (χ4n) is 4.04. The quantitative estimate of drug-likeness (QED) is 0.483. The van der Waals surface area contributed by atoms with E-state index in [9.17, 15) is 14.4 Å². The molecule has 4 amide bonds. The number of anilines is 1. The Labute approximate surface area is 207 Å². The van der Waals surface area contributed by atoms with Crippen LogP contribution < -0.4 is 20.1 Å². The third kappa shape index (κ3) is 4.40. The van der Waals surface area contributed by atoms with Crippen molar-refractivity contribution in [1.82, 2.24) is 10.2 Å². The molecule has 1 fully saturated rings. The number of hydrogen-bond acceptors (Lipinski definition) is 5. The summed E-state index contributed by atoms with van der Waals surface area (Å²) in [6, 6.07) is 18.1. The van der Waals surface area contributed by atoms with Crippen molar-refractivity contribution in [3.63, 3.8) is 0 Å². The van der Waals surface area contributed by atoms with Crippen LogP contribution in [0.15, 0.2) is 66.7 Å². The lowest BCUT2D eigenvalue weighted by Gasteiger charge is -2.28. The number of nitrogens with one attached hydrogen (secondary N) is 2. The second-order valence-corrected chi connectivity index (χ2v) is 8.40. The highest BCUT2D eigenvalue weighted by Crippen LogP contribution is 2.37. The number of carbonyl (C=O) groups excluding carboxylic acids is 3. The number of halogens is 1. The number of rotatable bonds is 7. The van der Waals surface area contributed by atoms with Gasteiger partial charge < -0.3 is 20.1 Å². The Morgan fingerprint density at radius 1 is 0.943 bits per heavy atom. The highest BCUT2D eigenvalue weighted by Gasteiger charge is 2.54. The topological polar surface area (TPSA) is 97.0 Å². The largest absolute Gasteiger partial charge is 0.497 e. The fraction of sp³-hybridized carbons (Fsp3) is 0.192. The van der Waals surface area contributed by atoms with Crippen molar-refractivity contribution in [2.75, 3.05) is 26.1 Å². The van der Waals surface area contributed by atoms with Crippen molar-refractivity contribution in [2.24, 2.45) is 0 Å². The summed E-state index contributed by atoms with van der Waals surface area (Å²) in [5, 5.41) is 6.04. The normalized spacial score (nSPS) is 14.5. The lowest BCUT2D eigenvalue weighted by molar-refractivity contribution is -0.133. The maximum atomic E-state index is 13.8. The maximum Gasteiger partial charge on any atom is 0.326 e. The van der Waals surface area contributed by atoms with E-state index in [0.29, 0.717) is 38.9 Å². The van der Waals surface area contributed by atoms with Gasteiger partial charge in [0.25, 0.3) is 5.91 Å². The van der Waals surface area contributed by atoms with Gasteiger partial charge in [0.05, 0.1) is 14.2 Å². The second-order valence-electron chi connectivity index (χ2n) is 7.99. The first kappa shape index (κ1) is 24.1. The Morgan fingerprint density at radius 2 is 1.49 bits per heavy atom. The molecule has 0 radical (unpaired) electrons. The first-order chi connectivity index (χ1) is 16.8. The Morgan fingerprint density at radius 3 is 2.00 bits per heavy atom. The lowest BCUT2D eigenvalue weighted by Crippen LogP contribution is -2.45. The van der Waals surface area contributed by atoms with Gasteiger partial charge in [-0.3, -0.25) is 14.5 Å². The summed E-state index contributed by atoms with van der Waals surface area (Å²) < 4.78 is 10.5. The molecule has 9 heteroatoms. The van der Waals surface area contributed by atoms with E-state index in [0.717, 1.165) is 4.90 Å². The first-order valence-corrected chi connectivity index (χ1v) is 11.2. The lowest BCUT2D eigenvalue weighted by atomic mass is 9.82. The molecule has 4 rings (SSSR count). The van der Waals surface area contributed by atoms with Gasteiger partial charge in [-0.2, -0.15) is 0 Å². The van der Waals surface area contributed by atoms with Gasteiger partial charge in [0.15, 0.2) is 5.54 Å². The molecule has 1 aliphatic heterocycles. The molecule has 0 atom stereocenters. The molecule has 1 aliphatic rings. The van der Waals surface area contributed by atoms with E-state index in [-0.39, 0.29) is 0 Å².